The predicted octanol–water partition coefficient (Wildman–Crippen LogP) is 4.30. The van der Waals surface area contributed by atoms with E-state index in [0.29, 0.717) is 6.04 Å². The van der Waals surface area contributed by atoms with Gasteiger partial charge in [-0.1, -0.05) is 24.3 Å². The van der Waals surface area contributed by atoms with Crippen molar-refractivity contribution in [3.63, 3.8) is 0 Å². The molecule has 1 heterocycles. The highest BCUT2D eigenvalue weighted by atomic mass is 15.2. The molecule has 112 valence electrons. The van der Waals surface area contributed by atoms with Gasteiger partial charge >= 0.3 is 0 Å². The van der Waals surface area contributed by atoms with E-state index in [1.54, 1.807) is 0 Å². The van der Waals surface area contributed by atoms with Gasteiger partial charge in [-0.25, -0.2) is 0 Å². The van der Waals surface area contributed by atoms with Crippen molar-refractivity contribution >= 4 is 11.4 Å². The number of benzene rings is 1. The average molecular weight is 282 g/mol. The molecule has 0 amide bonds. The number of hydrogen-bond donors (Lipinski definition) is 1. The molecule has 2 bridgehead atoms. The molecule has 4 atom stereocenters. The maximum absolute atomic E-state index is 3.84. The summed E-state index contributed by atoms with van der Waals surface area (Å²) in [5.41, 5.74) is 2.74. The zero-order valence-corrected chi connectivity index (χ0v) is 13.0. The number of fused-ring (bicyclic) bond motifs is 2. The third-order valence-corrected chi connectivity index (χ3v) is 5.71. The molecule has 1 aliphatic heterocycles. The number of nitrogens with one attached hydrogen (secondary N) is 1. The SMILES string of the molecule is CC(Nc1ccccc1N1CCCC1)C1CC2C=CC1C2. The van der Waals surface area contributed by atoms with Gasteiger partial charge in [-0.05, 0) is 62.5 Å². The third-order valence-electron chi connectivity index (χ3n) is 5.71. The minimum atomic E-state index is 0.564. The van der Waals surface area contributed by atoms with Crippen molar-refractivity contribution < 1.29 is 0 Å². The molecule has 1 saturated heterocycles. The summed E-state index contributed by atoms with van der Waals surface area (Å²) in [6.45, 7) is 4.80. The van der Waals surface area contributed by atoms with Gasteiger partial charge in [0.2, 0.25) is 0 Å². The Morgan fingerprint density at radius 2 is 1.90 bits per heavy atom. The summed E-state index contributed by atoms with van der Waals surface area (Å²) in [7, 11) is 0. The normalized spacial score (nSPS) is 31.9. The fourth-order valence-electron chi connectivity index (χ4n) is 4.58. The first-order valence-corrected chi connectivity index (χ1v) is 8.60. The van der Waals surface area contributed by atoms with E-state index in [1.165, 1.54) is 50.1 Å². The highest BCUT2D eigenvalue weighted by Gasteiger charge is 2.38. The lowest BCUT2D eigenvalue weighted by molar-refractivity contribution is 0.400. The van der Waals surface area contributed by atoms with Gasteiger partial charge in [0.25, 0.3) is 0 Å². The van der Waals surface area contributed by atoms with Crippen LogP contribution in [0.3, 0.4) is 0 Å². The lowest BCUT2D eigenvalue weighted by Crippen LogP contribution is -2.30. The van der Waals surface area contributed by atoms with Crippen LogP contribution in [0, 0.1) is 17.8 Å². The summed E-state index contributed by atoms with van der Waals surface area (Å²) in [6, 6.07) is 9.43. The fraction of sp³-hybridized carbons (Fsp3) is 0.579. The van der Waals surface area contributed by atoms with E-state index in [-0.39, 0.29) is 0 Å². The predicted molar refractivity (Wildman–Crippen MR) is 89.8 cm³/mol. The molecule has 1 N–H and O–H groups in total. The van der Waals surface area contributed by atoms with Crippen molar-refractivity contribution in [2.24, 2.45) is 17.8 Å². The lowest BCUT2D eigenvalue weighted by Gasteiger charge is -2.29. The van der Waals surface area contributed by atoms with Crippen LogP contribution in [-0.2, 0) is 0 Å². The Balaban J connectivity index is 1.50. The second-order valence-corrected chi connectivity index (χ2v) is 7.09. The molecule has 21 heavy (non-hydrogen) atoms. The molecule has 4 unspecified atom stereocenters. The highest BCUT2D eigenvalue weighted by molar-refractivity contribution is 5.70. The number of anilines is 2. The number of rotatable bonds is 4. The van der Waals surface area contributed by atoms with Crippen molar-refractivity contribution in [2.75, 3.05) is 23.3 Å². The Morgan fingerprint density at radius 1 is 1.10 bits per heavy atom. The van der Waals surface area contributed by atoms with Crippen LogP contribution >= 0.6 is 0 Å². The third kappa shape index (κ3) is 2.45. The molecule has 4 rings (SSSR count). The molecule has 1 aromatic carbocycles. The summed E-state index contributed by atoms with van der Waals surface area (Å²) in [5, 5.41) is 3.84. The summed E-state index contributed by atoms with van der Waals surface area (Å²) >= 11 is 0. The van der Waals surface area contributed by atoms with Gasteiger partial charge < -0.3 is 10.2 Å². The first-order chi connectivity index (χ1) is 10.3. The van der Waals surface area contributed by atoms with Crippen LogP contribution in [0.15, 0.2) is 36.4 Å². The van der Waals surface area contributed by atoms with E-state index in [4.69, 9.17) is 0 Å². The lowest BCUT2D eigenvalue weighted by atomic mass is 9.87. The number of hydrogen-bond acceptors (Lipinski definition) is 2. The van der Waals surface area contributed by atoms with E-state index in [1.807, 2.05) is 0 Å². The fourth-order valence-corrected chi connectivity index (χ4v) is 4.58. The maximum atomic E-state index is 3.84. The first-order valence-electron chi connectivity index (χ1n) is 8.60. The molecular weight excluding hydrogens is 256 g/mol. The molecule has 3 aliphatic rings. The van der Waals surface area contributed by atoms with Gasteiger partial charge in [0, 0.05) is 19.1 Å². The topological polar surface area (TPSA) is 15.3 Å². The second-order valence-electron chi connectivity index (χ2n) is 7.09. The van der Waals surface area contributed by atoms with Crippen molar-refractivity contribution in [3.8, 4) is 0 Å². The summed E-state index contributed by atoms with van der Waals surface area (Å²) in [5.74, 6) is 2.49. The molecule has 2 heteroatoms. The number of nitrogens with zero attached hydrogens (tertiary/aromatic N) is 1. The number of allylic oxidation sites excluding steroid dienone is 2. The molecule has 2 nitrogen and oxygen atoms in total. The Morgan fingerprint density at radius 3 is 2.62 bits per heavy atom. The Hall–Kier alpha value is -1.44. The standard InChI is InChI=1S/C19H26N2/c1-14(17-13-15-8-9-16(17)12-15)20-18-6-2-3-7-19(18)21-10-4-5-11-21/h2-3,6-9,14-17,20H,4-5,10-13H2,1H3. The Kier molecular flexibility index (Phi) is 3.40. The summed E-state index contributed by atoms with van der Waals surface area (Å²) in [4.78, 5) is 2.54. The van der Waals surface area contributed by atoms with Crippen molar-refractivity contribution in [1.82, 2.24) is 0 Å². The molecule has 2 aliphatic carbocycles. The first kappa shape index (κ1) is 13.2. The average Bonchev–Trinajstić information content (AvgIpc) is 3.25. The molecule has 1 aromatic rings. The van der Waals surface area contributed by atoms with Gasteiger partial charge in [0.15, 0.2) is 0 Å². The second kappa shape index (κ2) is 5.40. The quantitative estimate of drug-likeness (QED) is 0.828. The zero-order chi connectivity index (χ0) is 14.2. The van der Waals surface area contributed by atoms with Gasteiger partial charge in [-0.15, -0.1) is 0 Å². The minimum absolute atomic E-state index is 0.564. The van der Waals surface area contributed by atoms with Crippen LogP contribution in [-0.4, -0.2) is 19.1 Å². The van der Waals surface area contributed by atoms with E-state index < -0.39 is 0 Å². The summed E-state index contributed by atoms with van der Waals surface area (Å²) in [6.07, 6.45) is 10.3. The Bertz CT molecular complexity index is 530. The van der Waals surface area contributed by atoms with E-state index in [9.17, 15) is 0 Å². The van der Waals surface area contributed by atoms with E-state index in [2.05, 4.69) is 53.6 Å². The molecular formula is C19H26N2. The van der Waals surface area contributed by atoms with E-state index in [0.717, 1.165) is 17.8 Å². The van der Waals surface area contributed by atoms with Crippen LogP contribution in [0.4, 0.5) is 11.4 Å². The van der Waals surface area contributed by atoms with Crippen molar-refractivity contribution in [2.45, 2.75) is 38.6 Å². The summed E-state index contributed by atoms with van der Waals surface area (Å²) < 4.78 is 0. The van der Waals surface area contributed by atoms with Crippen LogP contribution in [0.2, 0.25) is 0 Å². The van der Waals surface area contributed by atoms with Gasteiger partial charge in [-0.2, -0.15) is 0 Å². The van der Waals surface area contributed by atoms with Crippen molar-refractivity contribution in [3.05, 3.63) is 36.4 Å². The maximum Gasteiger partial charge on any atom is 0.0602 e. The zero-order valence-electron chi connectivity index (χ0n) is 13.0. The van der Waals surface area contributed by atoms with Crippen molar-refractivity contribution in [1.29, 1.82) is 0 Å². The smallest absolute Gasteiger partial charge is 0.0602 e. The van der Waals surface area contributed by atoms with Crippen LogP contribution in [0.25, 0.3) is 0 Å². The minimum Gasteiger partial charge on any atom is -0.381 e. The van der Waals surface area contributed by atoms with Crippen LogP contribution in [0.5, 0.6) is 0 Å². The van der Waals surface area contributed by atoms with Crippen LogP contribution in [0.1, 0.15) is 32.6 Å². The molecule has 1 saturated carbocycles. The number of para-hydroxylation sites is 2. The largest absolute Gasteiger partial charge is 0.381 e. The molecule has 0 radical (unpaired) electrons. The Labute approximate surface area is 128 Å². The highest BCUT2D eigenvalue weighted by Crippen LogP contribution is 2.45. The van der Waals surface area contributed by atoms with Crippen LogP contribution < -0.4 is 10.2 Å². The van der Waals surface area contributed by atoms with Gasteiger partial charge in [0.05, 0.1) is 11.4 Å². The molecule has 0 aromatic heterocycles. The monoisotopic (exact) mass is 282 g/mol. The molecule has 0 spiro atoms. The van der Waals surface area contributed by atoms with E-state index >= 15 is 0 Å². The van der Waals surface area contributed by atoms with Gasteiger partial charge in [0.1, 0.15) is 0 Å². The van der Waals surface area contributed by atoms with Gasteiger partial charge in [-0.3, -0.25) is 0 Å². The molecule has 2 fully saturated rings.